The maximum Gasteiger partial charge on any atom is 0.322 e. The average molecular weight is 496 g/mol. The van der Waals surface area contributed by atoms with E-state index in [4.69, 9.17) is 5.11 Å². The van der Waals surface area contributed by atoms with Crippen molar-refractivity contribution in [2.75, 3.05) is 6.54 Å². The molecule has 1 aliphatic rings. The summed E-state index contributed by atoms with van der Waals surface area (Å²) in [6.07, 6.45) is 3.45. The van der Waals surface area contributed by atoms with Crippen molar-refractivity contribution in [2.24, 2.45) is 0 Å². The summed E-state index contributed by atoms with van der Waals surface area (Å²) in [5.41, 5.74) is 0.132. The molecule has 0 saturated heterocycles. The van der Waals surface area contributed by atoms with Gasteiger partial charge in [-0.1, -0.05) is 6.08 Å². The second kappa shape index (κ2) is 6.71. The summed E-state index contributed by atoms with van der Waals surface area (Å²) >= 11 is 8.85. The van der Waals surface area contributed by atoms with Crippen molar-refractivity contribution in [2.45, 2.75) is 14.3 Å². The Balaban J connectivity index is 2.97. The molecule has 6 nitrogen and oxygen atoms in total. The number of hydrogen-bond donors (Lipinski definition) is 2. The van der Waals surface area contributed by atoms with Crippen LogP contribution >= 0.6 is 47.8 Å². The predicted molar refractivity (Wildman–Crippen MR) is 84.5 cm³/mol. The molecule has 1 rings (SSSR count). The standard InChI is InChI=1S/C10H10Br3NO5S/c11-10(12,13)20(18,19)7-3-1-2-6(4-7)9(17)14-5-8(15)16/h2,4H,1,3,5H2,(H,14,17)(H,15,16). The SMILES string of the molecule is O=C(O)CNC(=O)C1=CCCC(S(=O)(=O)C(Br)(Br)Br)=C1. The minimum atomic E-state index is -3.72. The molecule has 20 heavy (non-hydrogen) atoms. The Kier molecular flexibility index (Phi) is 6.00. The fourth-order valence-corrected chi connectivity index (χ4v) is 4.29. The molecule has 0 heterocycles. The van der Waals surface area contributed by atoms with Gasteiger partial charge in [0.05, 0.1) is 0 Å². The highest BCUT2D eigenvalue weighted by Crippen LogP contribution is 2.44. The van der Waals surface area contributed by atoms with Gasteiger partial charge in [-0.3, -0.25) is 9.59 Å². The fourth-order valence-electron chi connectivity index (χ4n) is 1.45. The highest BCUT2D eigenvalue weighted by atomic mass is 80.0. The zero-order valence-corrected chi connectivity index (χ0v) is 15.5. The number of carbonyl (C=O) groups is 2. The molecule has 0 spiro atoms. The molecule has 0 aliphatic heterocycles. The van der Waals surface area contributed by atoms with Crippen LogP contribution in [-0.4, -0.2) is 33.4 Å². The Bertz CT molecular complexity index is 589. The van der Waals surface area contributed by atoms with Gasteiger partial charge in [-0.05, 0) is 66.7 Å². The van der Waals surface area contributed by atoms with E-state index in [0.29, 0.717) is 6.42 Å². The molecular formula is C10H10Br3NO5S. The van der Waals surface area contributed by atoms with Gasteiger partial charge < -0.3 is 10.4 Å². The van der Waals surface area contributed by atoms with Crippen LogP contribution in [0.1, 0.15) is 12.8 Å². The number of amides is 1. The zero-order valence-electron chi connectivity index (χ0n) is 9.90. The normalized spacial score (nSPS) is 16.1. The van der Waals surface area contributed by atoms with Gasteiger partial charge in [0.2, 0.25) is 11.3 Å². The first-order valence-corrected chi connectivity index (χ1v) is 9.14. The quantitative estimate of drug-likeness (QED) is 0.581. The largest absolute Gasteiger partial charge is 0.480 e. The summed E-state index contributed by atoms with van der Waals surface area (Å²) in [4.78, 5) is 22.2. The van der Waals surface area contributed by atoms with Crippen LogP contribution in [-0.2, 0) is 19.4 Å². The van der Waals surface area contributed by atoms with E-state index in [1.807, 2.05) is 0 Å². The zero-order chi connectivity index (χ0) is 15.6. The molecule has 112 valence electrons. The maximum absolute atomic E-state index is 12.2. The number of carboxylic acids is 1. The molecule has 0 aromatic heterocycles. The van der Waals surface area contributed by atoms with Gasteiger partial charge >= 0.3 is 5.97 Å². The lowest BCUT2D eigenvalue weighted by atomic mass is 10.1. The first-order chi connectivity index (χ1) is 9.05. The molecule has 0 radical (unpaired) electrons. The summed E-state index contributed by atoms with van der Waals surface area (Å²) in [6, 6.07) is 0. The lowest BCUT2D eigenvalue weighted by Gasteiger charge is -2.19. The summed E-state index contributed by atoms with van der Waals surface area (Å²) < 4.78 is 22.9. The van der Waals surface area contributed by atoms with Gasteiger partial charge in [0, 0.05) is 10.5 Å². The number of rotatable bonds is 4. The monoisotopic (exact) mass is 493 g/mol. The van der Waals surface area contributed by atoms with Gasteiger partial charge in [0.15, 0.2) is 0 Å². The Hall–Kier alpha value is -0.190. The second-order valence-corrected chi connectivity index (χ2v) is 14.3. The Morgan fingerprint density at radius 1 is 1.35 bits per heavy atom. The Morgan fingerprint density at radius 3 is 2.45 bits per heavy atom. The fraction of sp³-hybridized carbons (Fsp3) is 0.400. The van der Waals surface area contributed by atoms with Crippen LogP contribution in [0.4, 0.5) is 0 Å². The first-order valence-electron chi connectivity index (χ1n) is 5.28. The van der Waals surface area contributed by atoms with E-state index in [-0.39, 0.29) is 16.9 Å². The molecule has 0 aromatic carbocycles. The van der Waals surface area contributed by atoms with Gasteiger partial charge in [0.1, 0.15) is 6.54 Å². The molecule has 2 N–H and O–H groups in total. The smallest absolute Gasteiger partial charge is 0.322 e. The van der Waals surface area contributed by atoms with E-state index in [9.17, 15) is 18.0 Å². The number of alkyl halides is 3. The van der Waals surface area contributed by atoms with Crippen molar-refractivity contribution < 1.29 is 23.1 Å². The van der Waals surface area contributed by atoms with Crippen molar-refractivity contribution >= 4 is 69.5 Å². The number of nitrogens with one attached hydrogen (secondary N) is 1. The number of hydrogen-bond acceptors (Lipinski definition) is 4. The minimum absolute atomic E-state index is 0.0751. The van der Waals surface area contributed by atoms with E-state index < -0.39 is 29.7 Å². The third kappa shape index (κ3) is 4.40. The third-order valence-corrected chi connectivity index (χ3v) is 7.84. The number of sulfone groups is 1. The van der Waals surface area contributed by atoms with E-state index in [1.54, 1.807) is 6.08 Å². The number of halogens is 3. The van der Waals surface area contributed by atoms with Gasteiger partial charge in [-0.15, -0.1) is 0 Å². The first kappa shape index (κ1) is 17.9. The van der Waals surface area contributed by atoms with E-state index >= 15 is 0 Å². The Labute approximate surface area is 141 Å². The predicted octanol–water partition coefficient (Wildman–Crippen LogP) is 2.00. The lowest BCUT2D eigenvalue weighted by Crippen LogP contribution is -2.31. The van der Waals surface area contributed by atoms with Gasteiger partial charge in [0.25, 0.3) is 5.91 Å². The third-order valence-electron chi connectivity index (χ3n) is 2.38. The summed E-state index contributed by atoms with van der Waals surface area (Å²) in [5, 5.41) is 10.7. The molecular weight excluding hydrogens is 486 g/mol. The van der Waals surface area contributed by atoms with Crippen LogP contribution in [0.25, 0.3) is 0 Å². The van der Waals surface area contributed by atoms with Gasteiger partial charge in [-0.2, -0.15) is 0 Å². The Morgan fingerprint density at radius 2 is 1.95 bits per heavy atom. The van der Waals surface area contributed by atoms with Crippen molar-refractivity contribution in [1.82, 2.24) is 5.32 Å². The highest BCUT2D eigenvalue weighted by molar-refractivity contribution is 9.42. The maximum atomic E-state index is 12.2. The second-order valence-electron chi connectivity index (χ2n) is 3.83. The van der Waals surface area contributed by atoms with Crippen LogP contribution in [0.5, 0.6) is 0 Å². The van der Waals surface area contributed by atoms with Crippen LogP contribution < -0.4 is 5.32 Å². The molecule has 1 amide bonds. The van der Waals surface area contributed by atoms with Crippen molar-refractivity contribution in [3.8, 4) is 0 Å². The van der Waals surface area contributed by atoms with E-state index in [0.717, 1.165) is 0 Å². The van der Waals surface area contributed by atoms with E-state index in [1.165, 1.54) is 6.08 Å². The number of allylic oxidation sites excluding steroid dienone is 2. The van der Waals surface area contributed by atoms with Crippen LogP contribution in [0.15, 0.2) is 22.6 Å². The molecule has 0 atom stereocenters. The average Bonchev–Trinajstić information content (AvgIpc) is 2.34. The molecule has 1 aliphatic carbocycles. The van der Waals surface area contributed by atoms with Crippen LogP contribution in [0, 0.1) is 0 Å². The van der Waals surface area contributed by atoms with E-state index in [2.05, 4.69) is 53.1 Å². The van der Waals surface area contributed by atoms with Gasteiger partial charge in [-0.25, -0.2) is 8.42 Å². The number of carboxylic acid groups (broad SMARTS) is 1. The number of carbonyl (C=O) groups excluding carboxylic acids is 1. The molecule has 0 saturated carbocycles. The van der Waals surface area contributed by atoms with Crippen molar-refractivity contribution in [1.29, 1.82) is 0 Å². The summed E-state index contributed by atoms with van der Waals surface area (Å²) in [7, 11) is -3.72. The minimum Gasteiger partial charge on any atom is -0.480 e. The van der Waals surface area contributed by atoms with Crippen molar-refractivity contribution in [3.63, 3.8) is 0 Å². The molecule has 0 bridgehead atoms. The van der Waals surface area contributed by atoms with Crippen LogP contribution in [0.2, 0.25) is 0 Å². The topological polar surface area (TPSA) is 101 Å². The van der Waals surface area contributed by atoms with Crippen molar-refractivity contribution in [3.05, 3.63) is 22.6 Å². The highest BCUT2D eigenvalue weighted by Gasteiger charge is 2.39. The molecule has 0 aromatic rings. The molecule has 10 heteroatoms. The summed E-state index contributed by atoms with van der Waals surface area (Å²) in [5.74, 6) is -1.80. The molecule has 0 unspecified atom stereocenters. The number of aliphatic carboxylic acids is 1. The lowest BCUT2D eigenvalue weighted by molar-refractivity contribution is -0.137. The van der Waals surface area contributed by atoms with Crippen LogP contribution in [0.3, 0.4) is 0 Å². The summed E-state index contributed by atoms with van der Waals surface area (Å²) in [6.45, 7) is -0.522. The molecule has 0 fully saturated rings.